The van der Waals surface area contributed by atoms with Crippen LogP contribution in [-0.2, 0) is 9.59 Å². The van der Waals surface area contributed by atoms with Crippen molar-refractivity contribution in [2.24, 2.45) is 4.99 Å². The first-order valence-corrected chi connectivity index (χ1v) is 7.01. The topological polar surface area (TPSA) is 58.5 Å². The van der Waals surface area contributed by atoms with E-state index in [2.05, 4.69) is 5.32 Å². The Morgan fingerprint density at radius 3 is 2.74 bits per heavy atom. The highest BCUT2D eigenvalue weighted by atomic mass is 16.1. The van der Waals surface area contributed by atoms with E-state index in [9.17, 15) is 9.59 Å². The van der Waals surface area contributed by atoms with E-state index >= 15 is 0 Å². The Hall–Kier alpha value is -1.71. The molecule has 102 valence electrons. The molecule has 1 saturated carbocycles. The highest BCUT2D eigenvalue weighted by Gasteiger charge is 2.17. The zero-order valence-electron chi connectivity index (χ0n) is 11.3. The standard InChI is InChI=1S/C15H20N2O2/c1-2-15(19)17-14-10-12(18)8-9-13(14)16-11-6-4-3-5-7-11/h8-11H,2-7H2,1H3,(H,17,19)/b16-13+. The van der Waals surface area contributed by atoms with Gasteiger partial charge in [-0.3, -0.25) is 14.6 Å². The Kier molecular flexibility index (Phi) is 4.66. The third-order valence-electron chi connectivity index (χ3n) is 3.46. The fourth-order valence-corrected chi connectivity index (χ4v) is 2.37. The number of carbonyl (C=O) groups is 2. The van der Waals surface area contributed by atoms with Gasteiger partial charge in [-0.15, -0.1) is 0 Å². The Labute approximate surface area is 113 Å². The molecular weight excluding hydrogens is 240 g/mol. The number of ketones is 1. The molecule has 0 saturated heterocycles. The van der Waals surface area contributed by atoms with Crippen molar-refractivity contribution in [1.82, 2.24) is 5.32 Å². The molecule has 4 heteroatoms. The van der Waals surface area contributed by atoms with Crippen LogP contribution < -0.4 is 5.32 Å². The van der Waals surface area contributed by atoms with Gasteiger partial charge in [0.15, 0.2) is 5.78 Å². The third-order valence-corrected chi connectivity index (χ3v) is 3.46. The molecule has 0 radical (unpaired) electrons. The lowest BCUT2D eigenvalue weighted by Gasteiger charge is -2.20. The van der Waals surface area contributed by atoms with Crippen LogP contribution in [0, 0.1) is 0 Å². The molecule has 0 spiro atoms. The molecule has 0 aromatic rings. The van der Waals surface area contributed by atoms with Crippen molar-refractivity contribution in [2.75, 3.05) is 0 Å². The minimum atomic E-state index is -0.103. The monoisotopic (exact) mass is 260 g/mol. The van der Waals surface area contributed by atoms with E-state index in [4.69, 9.17) is 4.99 Å². The zero-order chi connectivity index (χ0) is 13.7. The summed E-state index contributed by atoms with van der Waals surface area (Å²) in [6, 6.07) is 0.323. The lowest BCUT2D eigenvalue weighted by Crippen LogP contribution is -2.29. The van der Waals surface area contributed by atoms with Crippen LogP contribution in [0.1, 0.15) is 45.4 Å². The Morgan fingerprint density at radius 2 is 2.05 bits per heavy atom. The van der Waals surface area contributed by atoms with Gasteiger partial charge in [0.25, 0.3) is 0 Å². The first-order chi connectivity index (χ1) is 9.19. The number of nitrogens with zero attached hydrogens (tertiary/aromatic N) is 1. The van der Waals surface area contributed by atoms with Crippen LogP contribution in [0.5, 0.6) is 0 Å². The van der Waals surface area contributed by atoms with Crippen LogP contribution in [-0.4, -0.2) is 23.4 Å². The van der Waals surface area contributed by atoms with E-state index in [0.29, 0.717) is 18.2 Å². The van der Waals surface area contributed by atoms with Gasteiger partial charge < -0.3 is 5.32 Å². The van der Waals surface area contributed by atoms with Gasteiger partial charge in [0, 0.05) is 12.5 Å². The molecule has 4 nitrogen and oxygen atoms in total. The van der Waals surface area contributed by atoms with Gasteiger partial charge in [-0.25, -0.2) is 0 Å². The molecule has 0 atom stereocenters. The van der Waals surface area contributed by atoms with Crippen molar-refractivity contribution in [1.29, 1.82) is 0 Å². The van der Waals surface area contributed by atoms with Crippen molar-refractivity contribution in [3.8, 4) is 0 Å². The summed E-state index contributed by atoms with van der Waals surface area (Å²) in [7, 11) is 0. The van der Waals surface area contributed by atoms with Crippen LogP contribution in [0.15, 0.2) is 28.9 Å². The van der Waals surface area contributed by atoms with Gasteiger partial charge >= 0.3 is 0 Å². The quantitative estimate of drug-likeness (QED) is 0.792. The minimum Gasteiger partial charge on any atom is -0.324 e. The van der Waals surface area contributed by atoms with Crippen molar-refractivity contribution < 1.29 is 9.59 Å². The molecule has 1 amide bonds. The SMILES string of the molecule is CCC(=O)NC1=CC(=O)C=C/C1=N\C1CCCCC1. The summed E-state index contributed by atoms with van der Waals surface area (Å²) < 4.78 is 0. The third kappa shape index (κ3) is 3.88. The number of nitrogens with one attached hydrogen (secondary N) is 1. The van der Waals surface area contributed by atoms with Crippen LogP contribution in [0.2, 0.25) is 0 Å². The van der Waals surface area contributed by atoms with Gasteiger partial charge in [-0.05, 0) is 25.0 Å². The molecular formula is C15H20N2O2. The average Bonchev–Trinajstić information content (AvgIpc) is 2.43. The zero-order valence-corrected chi connectivity index (χ0v) is 11.3. The number of aliphatic imine (C=N–C) groups is 1. The Balaban J connectivity index is 2.13. The van der Waals surface area contributed by atoms with Gasteiger partial charge in [0.05, 0.1) is 17.5 Å². The van der Waals surface area contributed by atoms with Gasteiger partial charge in [0.1, 0.15) is 0 Å². The summed E-state index contributed by atoms with van der Waals surface area (Å²) in [4.78, 5) is 27.6. The van der Waals surface area contributed by atoms with Gasteiger partial charge in [-0.2, -0.15) is 0 Å². The summed E-state index contributed by atoms with van der Waals surface area (Å²) >= 11 is 0. The second kappa shape index (κ2) is 6.45. The number of rotatable bonds is 3. The fourth-order valence-electron chi connectivity index (χ4n) is 2.37. The van der Waals surface area contributed by atoms with Crippen molar-refractivity contribution >= 4 is 17.4 Å². The van der Waals surface area contributed by atoms with E-state index in [-0.39, 0.29) is 11.7 Å². The maximum Gasteiger partial charge on any atom is 0.224 e. The predicted molar refractivity (Wildman–Crippen MR) is 75.0 cm³/mol. The molecule has 0 bridgehead atoms. The lowest BCUT2D eigenvalue weighted by atomic mass is 9.95. The maximum absolute atomic E-state index is 11.5. The molecule has 2 aliphatic carbocycles. The van der Waals surface area contributed by atoms with E-state index in [1.807, 2.05) is 0 Å². The average molecular weight is 260 g/mol. The van der Waals surface area contributed by atoms with Crippen molar-refractivity contribution in [3.05, 3.63) is 23.9 Å². The minimum absolute atomic E-state index is 0.0919. The molecule has 2 rings (SSSR count). The van der Waals surface area contributed by atoms with Crippen LogP contribution in [0.4, 0.5) is 0 Å². The summed E-state index contributed by atoms with van der Waals surface area (Å²) in [5.74, 6) is -0.195. The molecule has 1 fully saturated rings. The van der Waals surface area contributed by atoms with Crippen LogP contribution in [0.3, 0.4) is 0 Å². The number of hydrogen-bond donors (Lipinski definition) is 1. The second-order valence-electron chi connectivity index (χ2n) is 5.00. The summed E-state index contributed by atoms with van der Waals surface area (Å²) in [6.45, 7) is 1.79. The molecule has 0 aliphatic heterocycles. The van der Waals surface area contributed by atoms with Crippen LogP contribution >= 0.6 is 0 Å². The molecule has 1 N–H and O–H groups in total. The molecule has 2 aliphatic rings. The second-order valence-corrected chi connectivity index (χ2v) is 5.00. The van der Waals surface area contributed by atoms with E-state index in [1.54, 1.807) is 13.0 Å². The van der Waals surface area contributed by atoms with E-state index in [1.165, 1.54) is 31.4 Å². The smallest absolute Gasteiger partial charge is 0.224 e. The number of hydrogen-bond acceptors (Lipinski definition) is 3. The molecule has 0 heterocycles. The summed E-state index contributed by atoms with van der Waals surface area (Å²) in [5, 5.41) is 2.76. The van der Waals surface area contributed by atoms with Crippen molar-refractivity contribution in [2.45, 2.75) is 51.5 Å². The number of allylic oxidation sites excluding steroid dienone is 3. The molecule has 0 aromatic heterocycles. The molecule has 0 unspecified atom stereocenters. The Bertz CT molecular complexity index is 455. The summed E-state index contributed by atoms with van der Waals surface area (Å²) in [5.41, 5.74) is 1.28. The normalized spacial score (nSPS) is 22.5. The lowest BCUT2D eigenvalue weighted by molar-refractivity contribution is -0.119. The number of amides is 1. The highest BCUT2D eigenvalue weighted by Crippen LogP contribution is 2.21. The van der Waals surface area contributed by atoms with E-state index < -0.39 is 0 Å². The predicted octanol–water partition coefficient (Wildman–Crippen LogP) is 2.31. The maximum atomic E-state index is 11.5. The largest absolute Gasteiger partial charge is 0.324 e. The summed E-state index contributed by atoms with van der Waals surface area (Å²) in [6.07, 6.45) is 11.0. The molecule has 19 heavy (non-hydrogen) atoms. The first kappa shape index (κ1) is 13.7. The van der Waals surface area contributed by atoms with Crippen LogP contribution in [0.25, 0.3) is 0 Å². The van der Waals surface area contributed by atoms with Gasteiger partial charge in [-0.1, -0.05) is 26.2 Å². The molecule has 0 aromatic carbocycles. The number of carbonyl (C=O) groups excluding carboxylic acids is 2. The van der Waals surface area contributed by atoms with Gasteiger partial charge in [0.2, 0.25) is 5.91 Å². The fraction of sp³-hybridized carbons (Fsp3) is 0.533. The highest BCUT2D eigenvalue weighted by molar-refractivity contribution is 6.20. The Morgan fingerprint density at radius 1 is 1.32 bits per heavy atom. The van der Waals surface area contributed by atoms with Crippen molar-refractivity contribution in [3.63, 3.8) is 0 Å². The van der Waals surface area contributed by atoms with E-state index in [0.717, 1.165) is 18.6 Å². The first-order valence-electron chi connectivity index (χ1n) is 7.01.